The Kier molecular flexibility index (Phi) is 7.96. The summed E-state index contributed by atoms with van der Waals surface area (Å²) in [4.78, 5) is 4.95. The second-order valence-electron chi connectivity index (χ2n) is 18.0. The summed E-state index contributed by atoms with van der Waals surface area (Å²) in [7, 11) is 0. The van der Waals surface area contributed by atoms with Crippen LogP contribution in [-0.4, -0.2) is 11.3 Å². The molecule has 0 spiro atoms. The molecule has 8 aromatic rings. The predicted molar refractivity (Wildman–Crippen MR) is 245 cm³/mol. The zero-order chi connectivity index (χ0) is 39.2. The summed E-state index contributed by atoms with van der Waals surface area (Å²) in [6, 6.07) is 61.2. The van der Waals surface area contributed by atoms with Gasteiger partial charge in [-0.2, -0.15) is 0 Å². The molecule has 278 valence electrons. The van der Waals surface area contributed by atoms with Crippen molar-refractivity contribution in [3.63, 3.8) is 0 Å². The van der Waals surface area contributed by atoms with Gasteiger partial charge in [0, 0.05) is 45.5 Å². The molecule has 0 aliphatic carbocycles. The lowest BCUT2D eigenvalue weighted by molar-refractivity contribution is 0.590. The molecule has 2 aliphatic rings. The molecule has 0 unspecified atom stereocenters. The fourth-order valence-corrected chi connectivity index (χ4v) is 9.36. The van der Waals surface area contributed by atoms with E-state index in [2.05, 4.69) is 227 Å². The van der Waals surface area contributed by atoms with Gasteiger partial charge in [0.05, 0.1) is 5.52 Å². The summed E-state index contributed by atoms with van der Waals surface area (Å²) in [6.45, 7) is 16.0. The van der Waals surface area contributed by atoms with Crippen LogP contribution >= 0.6 is 0 Å². The first-order valence-electron chi connectivity index (χ1n) is 20.3. The maximum atomic E-state index is 2.51. The van der Waals surface area contributed by atoms with Crippen LogP contribution in [0.3, 0.4) is 0 Å². The van der Waals surface area contributed by atoms with Crippen molar-refractivity contribution in [2.75, 3.05) is 9.80 Å². The molecule has 2 aliphatic heterocycles. The number of aryl methyl sites for hydroxylation is 1. The molecule has 0 atom stereocenters. The molecule has 3 nitrogen and oxygen atoms in total. The van der Waals surface area contributed by atoms with E-state index in [0.29, 0.717) is 0 Å². The molecular formula is C53H48BN3. The molecule has 4 heteroatoms. The summed E-state index contributed by atoms with van der Waals surface area (Å²) >= 11 is 0. The van der Waals surface area contributed by atoms with Crippen LogP contribution < -0.4 is 26.2 Å². The first kappa shape index (κ1) is 35.2. The molecule has 0 bridgehead atoms. The molecule has 10 rings (SSSR count). The van der Waals surface area contributed by atoms with Crippen molar-refractivity contribution < 1.29 is 0 Å². The molecular weight excluding hydrogens is 689 g/mol. The van der Waals surface area contributed by atoms with Gasteiger partial charge in [0.2, 0.25) is 0 Å². The number of nitrogens with zero attached hydrogens (tertiary/aromatic N) is 3. The van der Waals surface area contributed by atoms with Gasteiger partial charge in [0.1, 0.15) is 0 Å². The minimum Gasteiger partial charge on any atom is -0.311 e. The van der Waals surface area contributed by atoms with Crippen LogP contribution in [0.1, 0.15) is 58.2 Å². The van der Waals surface area contributed by atoms with Gasteiger partial charge in [-0.3, -0.25) is 0 Å². The normalized spacial score (nSPS) is 13.1. The van der Waals surface area contributed by atoms with Gasteiger partial charge >= 0.3 is 0 Å². The molecule has 57 heavy (non-hydrogen) atoms. The summed E-state index contributed by atoms with van der Waals surface area (Å²) in [5, 5.41) is 1.30. The number of hydrogen-bond donors (Lipinski definition) is 0. The van der Waals surface area contributed by atoms with Crippen LogP contribution in [0.5, 0.6) is 0 Å². The molecule has 0 saturated heterocycles. The summed E-state index contributed by atoms with van der Waals surface area (Å²) in [6.07, 6.45) is 0. The standard InChI is InChI=1S/C53H48BN3/c1-35-32-44-49-48(33-35)56(38-16-10-8-11-17-38)47-31-30-42(55(40-26-22-36(23-27-40)52(2,3)4)41-28-24-37(25-29-41)53(5,6)7)34-45(47)54(49)50-43-20-14-15-21-46(43)57(51(44)50)39-18-12-9-13-19-39/h8-34H,1-7H3. The maximum absolute atomic E-state index is 2.51. The minimum absolute atomic E-state index is 0.0451. The van der Waals surface area contributed by atoms with Crippen LogP contribution in [0.25, 0.3) is 27.8 Å². The Morgan fingerprint density at radius 3 is 1.63 bits per heavy atom. The Morgan fingerprint density at radius 2 is 1.04 bits per heavy atom. The van der Waals surface area contributed by atoms with Crippen LogP contribution in [0, 0.1) is 6.92 Å². The van der Waals surface area contributed by atoms with Crippen molar-refractivity contribution in [3.8, 4) is 16.9 Å². The number of aromatic nitrogens is 1. The van der Waals surface area contributed by atoms with Crippen molar-refractivity contribution in [3.05, 3.63) is 180 Å². The zero-order valence-corrected chi connectivity index (χ0v) is 34.0. The largest absolute Gasteiger partial charge is 0.311 e. The second-order valence-corrected chi connectivity index (χ2v) is 18.0. The highest BCUT2D eigenvalue weighted by Gasteiger charge is 2.46. The molecule has 0 radical (unpaired) electrons. The van der Waals surface area contributed by atoms with E-state index in [0.717, 1.165) is 22.7 Å². The van der Waals surface area contributed by atoms with Crippen molar-refractivity contribution in [1.82, 2.24) is 4.57 Å². The Labute approximate surface area is 337 Å². The number of hydrogen-bond acceptors (Lipinski definition) is 2. The van der Waals surface area contributed by atoms with Gasteiger partial charge in [-0.05, 0) is 141 Å². The Balaban J connectivity index is 1.26. The lowest BCUT2D eigenvalue weighted by Gasteiger charge is -2.37. The molecule has 0 amide bonds. The fourth-order valence-electron chi connectivity index (χ4n) is 9.36. The lowest BCUT2D eigenvalue weighted by Crippen LogP contribution is -2.54. The molecule has 0 fully saturated rings. The van der Waals surface area contributed by atoms with E-state index in [1.54, 1.807) is 0 Å². The smallest absolute Gasteiger partial charge is 0.251 e. The SMILES string of the molecule is Cc1cc2c3c(c1)N(c1ccccc1)c1ccc(N(c4ccc(C(C)(C)C)cc4)c4ccc(C(C)(C)C)cc4)cc1B3c1c-2n(-c2ccccc2)c2ccccc12. The highest BCUT2D eigenvalue weighted by Crippen LogP contribution is 2.45. The zero-order valence-electron chi connectivity index (χ0n) is 34.0. The molecule has 1 aromatic heterocycles. The van der Waals surface area contributed by atoms with Crippen LogP contribution in [0.15, 0.2) is 164 Å². The Hall–Kier alpha value is -6.26. The van der Waals surface area contributed by atoms with E-state index in [1.807, 2.05) is 0 Å². The fraction of sp³-hybridized carbons (Fsp3) is 0.170. The maximum Gasteiger partial charge on any atom is 0.251 e. The molecule has 7 aromatic carbocycles. The first-order chi connectivity index (χ1) is 27.5. The third-order valence-corrected chi connectivity index (χ3v) is 12.1. The minimum atomic E-state index is 0.0451. The van der Waals surface area contributed by atoms with Gasteiger partial charge in [-0.15, -0.1) is 0 Å². The van der Waals surface area contributed by atoms with E-state index in [-0.39, 0.29) is 17.5 Å². The number of fused-ring (bicyclic) bond motifs is 7. The predicted octanol–water partition coefficient (Wildman–Crippen LogP) is 12.3. The van der Waals surface area contributed by atoms with Gasteiger partial charge < -0.3 is 14.4 Å². The van der Waals surface area contributed by atoms with Gasteiger partial charge in [-0.1, -0.05) is 126 Å². The van der Waals surface area contributed by atoms with Gasteiger partial charge in [0.25, 0.3) is 6.71 Å². The first-order valence-corrected chi connectivity index (χ1v) is 20.3. The van der Waals surface area contributed by atoms with Crippen molar-refractivity contribution in [2.45, 2.75) is 59.3 Å². The lowest BCUT2D eigenvalue weighted by atomic mass is 9.37. The number of rotatable bonds is 5. The average molecular weight is 738 g/mol. The van der Waals surface area contributed by atoms with E-state index >= 15 is 0 Å². The van der Waals surface area contributed by atoms with Gasteiger partial charge in [-0.25, -0.2) is 0 Å². The third-order valence-electron chi connectivity index (χ3n) is 12.1. The molecule has 3 heterocycles. The summed E-state index contributed by atoms with van der Waals surface area (Å²) < 4.78 is 2.51. The summed E-state index contributed by atoms with van der Waals surface area (Å²) in [5.74, 6) is 0. The van der Waals surface area contributed by atoms with Crippen molar-refractivity contribution in [1.29, 1.82) is 0 Å². The average Bonchev–Trinajstić information content (AvgIpc) is 3.72. The topological polar surface area (TPSA) is 11.4 Å². The highest BCUT2D eigenvalue weighted by atomic mass is 15.2. The number of anilines is 6. The second kappa shape index (κ2) is 12.9. The Morgan fingerprint density at radius 1 is 0.491 bits per heavy atom. The van der Waals surface area contributed by atoms with Crippen LogP contribution in [0.2, 0.25) is 0 Å². The van der Waals surface area contributed by atoms with Crippen LogP contribution in [0.4, 0.5) is 34.1 Å². The monoisotopic (exact) mass is 737 g/mol. The number of benzene rings is 7. The molecule has 0 N–H and O–H groups in total. The third kappa shape index (κ3) is 5.64. The van der Waals surface area contributed by atoms with E-state index in [9.17, 15) is 0 Å². The van der Waals surface area contributed by atoms with E-state index in [4.69, 9.17) is 0 Å². The highest BCUT2D eigenvalue weighted by molar-refractivity contribution is 7.02. The van der Waals surface area contributed by atoms with Crippen molar-refractivity contribution >= 4 is 68.1 Å². The summed E-state index contributed by atoms with van der Waals surface area (Å²) in [5.41, 5.74) is 20.2. The van der Waals surface area contributed by atoms with E-state index < -0.39 is 0 Å². The van der Waals surface area contributed by atoms with Crippen molar-refractivity contribution in [2.24, 2.45) is 0 Å². The number of para-hydroxylation sites is 3. The van der Waals surface area contributed by atoms with Crippen LogP contribution in [-0.2, 0) is 10.8 Å². The van der Waals surface area contributed by atoms with E-state index in [1.165, 1.54) is 72.3 Å². The van der Waals surface area contributed by atoms with Gasteiger partial charge in [0.15, 0.2) is 0 Å². The Bertz CT molecular complexity index is 2750. The quantitative estimate of drug-likeness (QED) is 0.163. The molecule has 0 saturated carbocycles.